The number of rotatable bonds is 7. The third kappa shape index (κ3) is 4.87. The highest BCUT2D eigenvalue weighted by molar-refractivity contribution is 5.92. The van der Waals surface area contributed by atoms with E-state index in [9.17, 15) is 9.59 Å². The predicted molar refractivity (Wildman–Crippen MR) is 130 cm³/mol. The first-order valence-corrected chi connectivity index (χ1v) is 11.2. The van der Waals surface area contributed by atoms with E-state index in [4.69, 9.17) is 4.98 Å². The molecule has 0 saturated heterocycles. The van der Waals surface area contributed by atoms with E-state index < -0.39 is 0 Å². The minimum Gasteiger partial charge on any atom is -0.352 e. The van der Waals surface area contributed by atoms with Gasteiger partial charge >= 0.3 is 0 Å². The van der Waals surface area contributed by atoms with Crippen LogP contribution in [0.1, 0.15) is 42.8 Å². The highest BCUT2D eigenvalue weighted by Crippen LogP contribution is 2.23. The molecule has 0 unspecified atom stereocenters. The number of aromatic nitrogens is 3. The van der Waals surface area contributed by atoms with Crippen LogP contribution in [0, 0.1) is 19.8 Å². The Morgan fingerprint density at radius 3 is 2.64 bits per heavy atom. The molecule has 0 saturated carbocycles. The van der Waals surface area contributed by atoms with Gasteiger partial charge in [0.05, 0.1) is 5.52 Å². The zero-order valence-corrected chi connectivity index (χ0v) is 19.5. The summed E-state index contributed by atoms with van der Waals surface area (Å²) in [4.78, 5) is 29.2. The lowest BCUT2D eigenvalue weighted by Gasteiger charge is -2.12. The van der Waals surface area contributed by atoms with Crippen molar-refractivity contribution in [3.8, 4) is 0 Å². The molecule has 7 nitrogen and oxygen atoms in total. The maximum atomic E-state index is 12.5. The molecule has 0 aliphatic rings. The van der Waals surface area contributed by atoms with Crippen LogP contribution in [0.5, 0.6) is 0 Å². The SMILES string of the molecule is Cc1nc2c3ccccc3nn2c(C)c1CCC(=O)NCc1cccc(NC(=O)C(C)C)c1. The largest absolute Gasteiger partial charge is 0.352 e. The van der Waals surface area contributed by atoms with Gasteiger partial charge in [-0.15, -0.1) is 0 Å². The Balaban J connectivity index is 1.40. The summed E-state index contributed by atoms with van der Waals surface area (Å²) in [5.41, 5.74) is 6.40. The number of benzene rings is 2. The number of nitrogens with one attached hydrogen (secondary N) is 2. The third-order valence-electron chi connectivity index (χ3n) is 5.83. The molecule has 0 radical (unpaired) electrons. The maximum Gasteiger partial charge on any atom is 0.226 e. The van der Waals surface area contributed by atoms with Crippen molar-refractivity contribution in [3.05, 3.63) is 71.0 Å². The quantitative estimate of drug-likeness (QED) is 0.445. The Kier molecular flexibility index (Phi) is 6.40. The Morgan fingerprint density at radius 2 is 1.85 bits per heavy atom. The van der Waals surface area contributed by atoms with Gasteiger partial charge < -0.3 is 10.6 Å². The number of aryl methyl sites for hydroxylation is 2. The number of amides is 2. The van der Waals surface area contributed by atoms with E-state index in [-0.39, 0.29) is 17.7 Å². The minimum atomic E-state index is -0.0888. The molecular weight excluding hydrogens is 414 g/mol. The molecule has 33 heavy (non-hydrogen) atoms. The Labute approximate surface area is 193 Å². The summed E-state index contributed by atoms with van der Waals surface area (Å²) in [7, 11) is 0. The third-order valence-corrected chi connectivity index (χ3v) is 5.83. The van der Waals surface area contributed by atoms with E-state index in [1.807, 2.05) is 80.7 Å². The van der Waals surface area contributed by atoms with Gasteiger partial charge in [0, 0.05) is 41.3 Å². The zero-order valence-electron chi connectivity index (χ0n) is 19.5. The van der Waals surface area contributed by atoms with Crippen LogP contribution in [0.25, 0.3) is 16.6 Å². The molecule has 0 atom stereocenters. The second kappa shape index (κ2) is 9.40. The summed E-state index contributed by atoms with van der Waals surface area (Å²) >= 11 is 0. The van der Waals surface area contributed by atoms with Crippen LogP contribution in [0.4, 0.5) is 5.69 Å². The minimum absolute atomic E-state index is 0.0300. The number of anilines is 1. The van der Waals surface area contributed by atoms with Crippen molar-refractivity contribution in [3.63, 3.8) is 0 Å². The van der Waals surface area contributed by atoms with Crippen LogP contribution in [-0.4, -0.2) is 26.4 Å². The maximum absolute atomic E-state index is 12.5. The van der Waals surface area contributed by atoms with Crippen molar-refractivity contribution in [1.29, 1.82) is 0 Å². The smallest absolute Gasteiger partial charge is 0.226 e. The second-order valence-corrected chi connectivity index (χ2v) is 8.63. The number of hydrogen-bond donors (Lipinski definition) is 2. The zero-order chi connectivity index (χ0) is 23.5. The van der Waals surface area contributed by atoms with Crippen LogP contribution < -0.4 is 10.6 Å². The second-order valence-electron chi connectivity index (χ2n) is 8.63. The molecule has 7 heteroatoms. The summed E-state index contributed by atoms with van der Waals surface area (Å²) < 4.78 is 1.88. The van der Waals surface area contributed by atoms with Crippen molar-refractivity contribution in [2.75, 3.05) is 5.32 Å². The van der Waals surface area contributed by atoms with Gasteiger partial charge in [0.25, 0.3) is 0 Å². The van der Waals surface area contributed by atoms with Crippen LogP contribution in [-0.2, 0) is 22.6 Å². The summed E-state index contributed by atoms with van der Waals surface area (Å²) in [6.07, 6.45) is 0.951. The van der Waals surface area contributed by atoms with Gasteiger partial charge in [0.1, 0.15) is 0 Å². The molecular formula is C26H29N5O2. The molecule has 0 bridgehead atoms. The first kappa shape index (κ1) is 22.5. The molecule has 2 amide bonds. The van der Waals surface area contributed by atoms with E-state index >= 15 is 0 Å². The van der Waals surface area contributed by atoms with E-state index in [1.54, 1.807) is 0 Å². The number of carbonyl (C=O) groups is 2. The summed E-state index contributed by atoms with van der Waals surface area (Å²) in [6.45, 7) is 8.12. The van der Waals surface area contributed by atoms with Crippen molar-refractivity contribution in [2.24, 2.45) is 5.92 Å². The average Bonchev–Trinajstić information content (AvgIpc) is 3.16. The lowest BCUT2D eigenvalue weighted by Crippen LogP contribution is -2.23. The fraction of sp³-hybridized carbons (Fsp3) is 0.308. The van der Waals surface area contributed by atoms with Crippen molar-refractivity contribution >= 4 is 34.1 Å². The predicted octanol–water partition coefficient (Wildman–Crippen LogP) is 4.34. The number of hydrogen-bond acceptors (Lipinski definition) is 4. The van der Waals surface area contributed by atoms with E-state index in [1.165, 1.54) is 0 Å². The molecule has 0 spiro atoms. The molecule has 170 valence electrons. The molecule has 2 aromatic heterocycles. The van der Waals surface area contributed by atoms with Crippen LogP contribution in [0.15, 0.2) is 48.5 Å². The van der Waals surface area contributed by atoms with Crippen LogP contribution >= 0.6 is 0 Å². The number of nitrogens with zero attached hydrogens (tertiary/aromatic N) is 3. The Bertz CT molecular complexity index is 1340. The molecule has 2 N–H and O–H groups in total. The van der Waals surface area contributed by atoms with Gasteiger partial charge in [0.15, 0.2) is 5.65 Å². The van der Waals surface area contributed by atoms with Gasteiger partial charge in [0.2, 0.25) is 11.8 Å². The molecule has 2 heterocycles. The van der Waals surface area contributed by atoms with Crippen molar-refractivity contribution in [1.82, 2.24) is 19.9 Å². The highest BCUT2D eigenvalue weighted by atomic mass is 16.2. The standard InChI is InChI=1S/C26H29N5O2/c1-16(2)26(33)29-20-9-7-8-19(14-20)15-27-24(32)13-12-21-17(3)28-25-22-10-5-6-11-23(22)30-31(25)18(21)4/h5-11,14,16H,12-13,15H2,1-4H3,(H,27,32)(H,29,33). The van der Waals surface area contributed by atoms with Gasteiger partial charge in [-0.05, 0) is 55.7 Å². The average molecular weight is 444 g/mol. The Morgan fingerprint density at radius 1 is 1.06 bits per heavy atom. The molecule has 0 aliphatic heterocycles. The van der Waals surface area contributed by atoms with Crippen molar-refractivity contribution in [2.45, 2.75) is 47.1 Å². The summed E-state index contributed by atoms with van der Waals surface area (Å²) in [5.74, 6) is -0.150. The van der Waals surface area contributed by atoms with Gasteiger partial charge in [-0.1, -0.05) is 38.1 Å². The molecule has 0 aliphatic carbocycles. The van der Waals surface area contributed by atoms with Gasteiger partial charge in [-0.3, -0.25) is 9.59 Å². The van der Waals surface area contributed by atoms with E-state index in [2.05, 4.69) is 15.7 Å². The number of carbonyl (C=O) groups excluding carboxylic acids is 2. The van der Waals surface area contributed by atoms with Gasteiger partial charge in [-0.25, -0.2) is 9.50 Å². The topological polar surface area (TPSA) is 88.4 Å². The van der Waals surface area contributed by atoms with E-state index in [0.717, 1.165) is 44.8 Å². The van der Waals surface area contributed by atoms with Gasteiger partial charge in [-0.2, -0.15) is 5.10 Å². The molecule has 4 rings (SSSR count). The molecule has 2 aromatic carbocycles. The van der Waals surface area contributed by atoms with Crippen LogP contribution in [0.3, 0.4) is 0 Å². The number of fused-ring (bicyclic) bond motifs is 3. The monoisotopic (exact) mass is 443 g/mol. The fourth-order valence-corrected chi connectivity index (χ4v) is 3.91. The van der Waals surface area contributed by atoms with Crippen LogP contribution in [0.2, 0.25) is 0 Å². The normalized spacial score (nSPS) is 11.3. The summed E-state index contributed by atoms with van der Waals surface area (Å²) in [6, 6.07) is 15.5. The molecule has 0 fully saturated rings. The summed E-state index contributed by atoms with van der Waals surface area (Å²) in [5, 5.41) is 11.6. The van der Waals surface area contributed by atoms with E-state index in [0.29, 0.717) is 19.4 Å². The fourth-order valence-electron chi connectivity index (χ4n) is 3.91. The Hall–Kier alpha value is -3.74. The lowest BCUT2D eigenvalue weighted by molar-refractivity contribution is -0.121. The highest BCUT2D eigenvalue weighted by Gasteiger charge is 2.15. The first-order valence-electron chi connectivity index (χ1n) is 11.2. The van der Waals surface area contributed by atoms with Crippen molar-refractivity contribution < 1.29 is 9.59 Å². The molecule has 4 aromatic rings. The lowest BCUT2D eigenvalue weighted by atomic mass is 10.1. The first-order chi connectivity index (χ1) is 15.8.